The Bertz CT molecular complexity index is 504. The number of alkyl halides is 3. The summed E-state index contributed by atoms with van der Waals surface area (Å²) in [6.45, 7) is 1.46. The topological polar surface area (TPSA) is 34.1 Å². The smallest absolute Gasteiger partial charge is 0.228 e. The fourth-order valence-electron chi connectivity index (χ4n) is 1.39. The third kappa shape index (κ3) is 4.52. The Morgan fingerprint density at radius 1 is 1.22 bits per heavy atom. The minimum atomic E-state index is -4.48. The minimum Gasteiger partial charge on any atom is -0.228 e. The fourth-order valence-corrected chi connectivity index (χ4v) is 2.62. The van der Waals surface area contributed by atoms with Crippen LogP contribution in [-0.4, -0.2) is 20.3 Å². The van der Waals surface area contributed by atoms with E-state index in [2.05, 4.69) is 0 Å². The van der Waals surface area contributed by atoms with Gasteiger partial charge in [-0.05, 0) is 12.5 Å². The summed E-state index contributed by atoms with van der Waals surface area (Å²) in [4.78, 5) is 0. The molecule has 18 heavy (non-hydrogen) atoms. The van der Waals surface area contributed by atoms with Crippen LogP contribution in [0.15, 0.2) is 42.5 Å². The molecule has 2 nitrogen and oxygen atoms in total. The van der Waals surface area contributed by atoms with Crippen LogP contribution in [0.4, 0.5) is 13.2 Å². The quantitative estimate of drug-likeness (QED) is 0.792. The molecule has 0 heterocycles. The van der Waals surface area contributed by atoms with E-state index in [-0.39, 0.29) is 6.08 Å². The predicted octanol–water partition coefficient (Wildman–Crippen LogP) is 3.28. The zero-order valence-electron chi connectivity index (χ0n) is 9.68. The molecule has 0 saturated carbocycles. The Balaban J connectivity index is 2.79. The predicted molar refractivity (Wildman–Crippen MR) is 63.8 cm³/mol. The van der Waals surface area contributed by atoms with Crippen LogP contribution in [0.2, 0.25) is 0 Å². The molecule has 0 N–H and O–H groups in total. The van der Waals surface area contributed by atoms with Gasteiger partial charge in [0, 0.05) is 6.08 Å². The van der Waals surface area contributed by atoms with E-state index in [0.717, 1.165) is 0 Å². The SMILES string of the molecule is CC(c1ccccc1)S(=O)(=O)CC=CC(F)(F)F. The zero-order valence-corrected chi connectivity index (χ0v) is 10.5. The Kier molecular flexibility index (Phi) is 4.56. The molecule has 6 heteroatoms. The molecule has 1 aromatic carbocycles. The van der Waals surface area contributed by atoms with Crippen LogP contribution in [0.5, 0.6) is 0 Å². The van der Waals surface area contributed by atoms with E-state index in [1.165, 1.54) is 6.92 Å². The van der Waals surface area contributed by atoms with E-state index in [1.807, 2.05) is 0 Å². The third-order valence-corrected chi connectivity index (χ3v) is 4.45. The van der Waals surface area contributed by atoms with E-state index in [4.69, 9.17) is 0 Å². The highest BCUT2D eigenvalue weighted by Gasteiger charge is 2.24. The first-order valence-electron chi connectivity index (χ1n) is 5.23. The lowest BCUT2D eigenvalue weighted by molar-refractivity contribution is -0.0799. The molecular formula is C12H13F3O2S. The summed E-state index contributed by atoms with van der Waals surface area (Å²) < 4.78 is 59.2. The summed E-state index contributed by atoms with van der Waals surface area (Å²) in [5.74, 6) is -0.622. The molecule has 1 unspecified atom stereocenters. The van der Waals surface area contributed by atoms with Crippen LogP contribution < -0.4 is 0 Å². The average molecular weight is 278 g/mol. The molecular weight excluding hydrogens is 265 g/mol. The molecule has 0 bridgehead atoms. The Labute approximate surface area is 104 Å². The molecule has 0 spiro atoms. The van der Waals surface area contributed by atoms with Gasteiger partial charge in [-0.2, -0.15) is 13.2 Å². The van der Waals surface area contributed by atoms with Crippen LogP contribution in [0.25, 0.3) is 0 Å². The summed E-state index contributed by atoms with van der Waals surface area (Å²) in [6, 6.07) is 8.39. The highest BCUT2D eigenvalue weighted by atomic mass is 32.2. The van der Waals surface area contributed by atoms with Crippen LogP contribution >= 0.6 is 0 Å². The van der Waals surface area contributed by atoms with Crippen molar-refractivity contribution in [2.45, 2.75) is 18.3 Å². The molecule has 0 aliphatic heterocycles. The summed E-state index contributed by atoms with van der Waals surface area (Å²) >= 11 is 0. The van der Waals surface area contributed by atoms with Crippen LogP contribution in [0.1, 0.15) is 17.7 Å². The zero-order chi connectivity index (χ0) is 13.8. The molecule has 0 aromatic heterocycles. The second-order valence-electron chi connectivity index (χ2n) is 3.83. The summed E-state index contributed by atoms with van der Waals surface area (Å²) in [5.41, 5.74) is 0.568. The van der Waals surface area contributed by atoms with Crippen molar-refractivity contribution in [2.24, 2.45) is 0 Å². The van der Waals surface area contributed by atoms with E-state index in [1.54, 1.807) is 30.3 Å². The van der Waals surface area contributed by atoms with Crippen LogP contribution in [-0.2, 0) is 9.84 Å². The van der Waals surface area contributed by atoms with E-state index < -0.39 is 27.0 Å². The first kappa shape index (κ1) is 14.8. The minimum absolute atomic E-state index is 0.0533. The van der Waals surface area contributed by atoms with Gasteiger partial charge in [-0.15, -0.1) is 0 Å². The van der Waals surface area contributed by atoms with E-state index in [9.17, 15) is 21.6 Å². The number of hydrogen-bond donors (Lipinski definition) is 0. The maximum Gasteiger partial charge on any atom is 0.409 e. The highest BCUT2D eigenvalue weighted by Crippen LogP contribution is 2.23. The van der Waals surface area contributed by atoms with E-state index in [0.29, 0.717) is 11.6 Å². The Morgan fingerprint density at radius 3 is 2.28 bits per heavy atom. The Morgan fingerprint density at radius 2 is 1.78 bits per heavy atom. The highest BCUT2D eigenvalue weighted by molar-refractivity contribution is 7.91. The molecule has 100 valence electrons. The van der Waals surface area contributed by atoms with Crippen molar-refractivity contribution in [1.29, 1.82) is 0 Å². The van der Waals surface area contributed by atoms with Gasteiger partial charge in [-0.25, -0.2) is 8.42 Å². The van der Waals surface area contributed by atoms with Crippen molar-refractivity contribution >= 4 is 9.84 Å². The van der Waals surface area contributed by atoms with Gasteiger partial charge >= 0.3 is 6.18 Å². The lowest BCUT2D eigenvalue weighted by Crippen LogP contribution is -2.13. The van der Waals surface area contributed by atoms with Crippen molar-refractivity contribution < 1.29 is 21.6 Å². The number of allylic oxidation sites excluding steroid dienone is 1. The van der Waals surface area contributed by atoms with Crippen molar-refractivity contribution in [1.82, 2.24) is 0 Å². The van der Waals surface area contributed by atoms with Gasteiger partial charge in [0.25, 0.3) is 0 Å². The molecule has 0 fully saturated rings. The van der Waals surface area contributed by atoms with Gasteiger partial charge in [0.2, 0.25) is 0 Å². The normalized spacial score (nSPS) is 14.9. The summed E-state index contributed by atoms with van der Waals surface area (Å²) in [5, 5.41) is -0.823. The van der Waals surface area contributed by atoms with Crippen molar-refractivity contribution in [3.8, 4) is 0 Å². The second-order valence-corrected chi connectivity index (χ2v) is 6.19. The van der Waals surface area contributed by atoms with Crippen LogP contribution in [0.3, 0.4) is 0 Å². The second kappa shape index (κ2) is 5.56. The van der Waals surface area contributed by atoms with Crippen molar-refractivity contribution in [3.63, 3.8) is 0 Å². The van der Waals surface area contributed by atoms with Gasteiger partial charge in [0.1, 0.15) is 0 Å². The number of hydrogen-bond acceptors (Lipinski definition) is 2. The van der Waals surface area contributed by atoms with Gasteiger partial charge in [-0.1, -0.05) is 36.4 Å². The van der Waals surface area contributed by atoms with Crippen LogP contribution in [0, 0.1) is 0 Å². The molecule has 0 amide bonds. The number of rotatable bonds is 4. The molecule has 1 atom stereocenters. The first-order valence-corrected chi connectivity index (χ1v) is 6.95. The lowest BCUT2D eigenvalue weighted by Gasteiger charge is -2.11. The molecule has 1 rings (SSSR count). The number of sulfone groups is 1. The van der Waals surface area contributed by atoms with Gasteiger partial charge < -0.3 is 0 Å². The molecule has 0 radical (unpaired) electrons. The number of benzene rings is 1. The third-order valence-electron chi connectivity index (χ3n) is 2.44. The van der Waals surface area contributed by atoms with Gasteiger partial charge in [-0.3, -0.25) is 0 Å². The van der Waals surface area contributed by atoms with Crippen molar-refractivity contribution in [3.05, 3.63) is 48.0 Å². The monoisotopic (exact) mass is 278 g/mol. The molecule has 1 aromatic rings. The summed E-state index contributed by atoms with van der Waals surface area (Å²) in [6.07, 6.45) is -3.90. The largest absolute Gasteiger partial charge is 0.409 e. The van der Waals surface area contributed by atoms with Gasteiger partial charge in [0.05, 0.1) is 11.0 Å². The molecule has 0 saturated heterocycles. The number of halogens is 3. The van der Waals surface area contributed by atoms with Crippen molar-refractivity contribution in [2.75, 3.05) is 5.75 Å². The first-order chi connectivity index (χ1) is 8.22. The van der Waals surface area contributed by atoms with Gasteiger partial charge in [0.15, 0.2) is 9.84 Å². The Hall–Kier alpha value is -1.30. The standard InChI is InChI=1S/C12H13F3O2S/c1-10(11-6-3-2-4-7-11)18(16,17)9-5-8-12(13,14)15/h2-8,10H,9H2,1H3. The molecule has 0 aliphatic carbocycles. The lowest BCUT2D eigenvalue weighted by atomic mass is 10.2. The summed E-state index contributed by atoms with van der Waals surface area (Å²) in [7, 11) is -3.62. The fraction of sp³-hybridized carbons (Fsp3) is 0.333. The van der Waals surface area contributed by atoms with E-state index >= 15 is 0 Å². The maximum atomic E-state index is 11.9. The average Bonchev–Trinajstić information content (AvgIpc) is 2.27. The molecule has 0 aliphatic rings. The maximum absolute atomic E-state index is 11.9.